The molecule has 1 aromatic rings. The van der Waals surface area contributed by atoms with E-state index in [2.05, 4.69) is 5.32 Å². The van der Waals surface area contributed by atoms with Crippen LogP contribution < -0.4 is 16.2 Å². The lowest BCUT2D eigenvalue weighted by molar-refractivity contribution is 0.456. The number of nitrogen functional groups attached to an aromatic ring is 1. The average Bonchev–Trinajstić information content (AvgIpc) is 2.77. The van der Waals surface area contributed by atoms with E-state index in [1.54, 1.807) is 12.1 Å². The summed E-state index contributed by atoms with van der Waals surface area (Å²) in [7, 11) is -3.74. The molecular formula is C14H19N3O2S. The third-order valence-electron chi connectivity index (χ3n) is 5.38. The minimum atomic E-state index is -3.74. The molecule has 2 bridgehead atoms. The molecule has 4 rings (SSSR count). The molecule has 6 heteroatoms. The molecule has 4 atom stereocenters. The van der Waals surface area contributed by atoms with Crippen molar-refractivity contribution in [2.24, 2.45) is 28.8 Å². The van der Waals surface area contributed by atoms with E-state index in [9.17, 15) is 8.42 Å². The van der Waals surface area contributed by atoms with Crippen LogP contribution in [0.3, 0.4) is 0 Å². The van der Waals surface area contributed by atoms with E-state index in [1.165, 1.54) is 25.3 Å². The van der Waals surface area contributed by atoms with Gasteiger partial charge in [0, 0.05) is 11.7 Å². The first-order chi connectivity index (χ1) is 9.45. The number of benzene rings is 1. The smallest absolute Gasteiger partial charge is 0.240 e. The predicted molar refractivity (Wildman–Crippen MR) is 77.4 cm³/mol. The molecular weight excluding hydrogens is 274 g/mol. The third-order valence-corrected chi connectivity index (χ3v) is 6.37. The summed E-state index contributed by atoms with van der Waals surface area (Å²) in [6.45, 7) is 0. The highest BCUT2D eigenvalue weighted by Crippen LogP contribution is 2.66. The zero-order chi connectivity index (χ0) is 14.1. The third kappa shape index (κ3) is 1.74. The fraction of sp³-hybridized carbons (Fsp3) is 0.571. The van der Waals surface area contributed by atoms with Crippen molar-refractivity contribution < 1.29 is 8.42 Å². The Morgan fingerprint density at radius 2 is 1.80 bits per heavy atom. The normalized spacial score (nSPS) is 37.8. The van der Waals surface area contributed by atoms with Crippen LogP contribution >= 0.6 is 0 Å². The van der Waals surface area contributed by atoms with Crippen LogP contribution in [0.25, 0.3) is 0 Å². The molecule has 0 amide bonds. The number of rotatable bonds is 3. The molecule has 4 unspecified atom stereocenters. The largest absolute Gasteiger partial charge is 0.398 e. The maximum Gasteiger partial charge on any atom is 0.240 e. The van der Waals surface area contributed by atoms with Crippen molar-refractivity contribution in [1.82, 2.24) is 0 Å². The summed E-state index contributed by atoms with van der Waals surface area (Å²) in [5.41, 5.74) is 6.90. The molecule has 108 valence electrons. The lowest BCUT2D eigenvalue weighted by atomic mass is 10.0. The first kappa shape index (κ1) is 12.5. The Kier molecular flexibility index (Phi) is 2.42. The van der Waals surface area contributed by atoms with Gasteiger partial charge in [-0.2, -0.15) is 0 Å². The van der Waals surface area contributed by atoms with Crippen LogP contribution in [-0.2, 0) is 10.0 Å². The lowest BCUT2D eigenvalue weighted by Gasteiger charge is -2.13. The molecule has 3 aliphatic rings. The molecule has 3 fully saturated rings. The van der Waals surface area contributed by atoms with Gasteiger partial charge in [0.15, 0.2) is 0 Å². The molecule has 3 saturated carbocycles. The summed E-state index contributed by atoms with van der Waals surface area (Å²) in [5, 5.41) is 8.64. The Morgan fingerprint density at radius 1 is 1.15 bits per heavy atom. The van der Waals surface area contributed by atoms with E-state index in [1.807, 2.05) is 0 Å². The quantitative estimate of drug-likeness (QED) is 0.733. The van der Waals surface area contributed by atoms with Crippen LogP contribution in [0, 0.1) is 23.7 Å². The number of fused-ring (bicyclic) bond motifs is 5. The van der Waals surface area contributed by atoms with Crippen LogP contribution in [-0.4, -0.2) is 14.5 Å². The molecule has 1 aromatic carbocycles. The Morgan fingerprint density at radius 3 is 2.35 bits per heavy atom. The van der Waals surface area contributed by atoms with Crippen LogP contribution in [0.4, 0.5) is 11.4 Å². The van der Waals surface area contributed by atoms with Crippen LogP contribution in [0.1, 0.15) is 19.3 Å². The highest BCUT2D eigenvalue weighted by atomic mass is 32.2. The molecule has 20 heavy (non-hydrogen) atoms. The van der Waals surface area contributed by atoms with Gasteiger partial charge in [-0.15, -0.1) is 0 Å². The van der Waals surface area contributed by atoms with Crippen molar-refractivity contribution in [1.29, 1.82) is 0 Å². The van der Waals surface area contributed by atoms with Gasteiger partial charge in [0.2, 0.25) is 10.0 Å². The van der Waals surface area contributed by atoms with Crippen molar-refractivity contribution in [2.75, 3.05) is 11.1 Å². The number of hydrogen-bond donors (Lipinski definition) is 3. The van der Waals surface area contributed by atoms with E-state index in [-0.39, 0.29) is 10.6 Å². The highest BCUT2D eigenvalue weighted by molar-refractivity contribution is 7.89. The van der Waals surface area contributed by atoms with Crippen molar-refractivity contribution in [3.05, 3.63) is 18.2 Å². The van der Waals surface area contributed by atoms with E-state index in [0.717, 1.165) is 29.4 Å². The van der Waals surface area contributed by atoms with Crippen LogP contribution in [0.2, 0.25) is 0 Å². The van der Waals surface area contributed by atoms with Gasteiger partial charge in [-0.1, -0.05) is 0 Å². The molecule has 5 nitrogen and oxygen atoms in total. The van der Waals surface area contributed by atoms with Gasteiger partial charge < -0.3 is 11.1 Å². The van der Waals surface area contributed by atoms with Gasteiger partial charge in [-0.3, -0.25) is 0 Å². The fourth-order valence-electron chi connectivity index (χ4n) is 4.61. The monoisotopic (exact) mass is 293 g/mol. The Balaban J connectivity index is 1.53. The van der Waals surface area contributed by atoms with Gasteiger partial charge >= 0.3 is 0 Å². The van der Waals surface area contributed by atoms with E-state index >= 15 is 0 Å². The molecule has 0 spiro atoms. The fourth-order valence-corrected chi connectivity index (χ4v) is 5.25. The first-order valence-electron chi connectivity index (χ1n) is 7.14. The second-order valence-electron chi connectivity index (χ2n) is 6.46. The van der Waals surface area contributed by atoms with Gasteiger partial charge in [-0.25, -0.2) is 13.6 Å². The minimum Gasteiger partial charge on any atom is -0.398 e. The zero-order valence-corrected chi connectivity index (χ0v) is 11.9. The highest BCUT2D eigenvalue weighted by Gasteiger charge is 2.64. The average molecular weight is 293 g/mol. The Hall–Kier alpha value is -1.27. The van der Waals surface area contributed by atoms with Crippen molar-refractivity contribution in [3.63, 3.8) is 0 Å². The first-order valence-corrected chi connectivity index (χ1v) is 8.68. The molecule has 0 aromatic heterocycles. The summed E-state index contributed by atoms with van der Waals surface area (Å²) in [4.78, 5) is -0.000824. The maximum atomic E-state index is 11.3. The zero-order valence-electron chi connectivity index (χ0n) is 11.1. The van der Waals surface area contributed by atoms with Crippen molar-refractivity contribution in [3.8, 4) is 0 Å². The van der Waals surface area contributed by atoms with Crippen LogP contribution in [0.5, 0.6) is 0 Å². The number of anilines is 2. The minimum absolute atomic E-state index is 0.000824. The molecule has 0 radical (unpaired) electrons. The molecule has 3 aliphatic carbocycles. The van der Waals surface area contributed by atoms with Gasteiger partial charge in [0.05, 0.1) is 5.69 Å². The van der Waals surface area contributed by atoms with Crippen molar-refractivity contribution in [2.45, 2.75) is 30.2 Å². The second kappa shape index (κ2) is 3.89. The lowest BCUT2D eigenvalue weighted by Crippen LogP contribution is -2.16. The number of nitrogens with one attached hydrogen (secondary N) is 1. The number of hydrogen-bond acceptors (Lipinski definition) is 4. The van der Waals surface area contributed by atoms with E-state index < -0.39 is 10.0 Å². The summed E-state index contributed by atoms with van der Waals surface area (Å²) in [5.74, 6) is 3.47. The summed E-state index contributed by atoms with van der Waals surface area (Å²) >= 11 is 0. The number of primary sulfonamides is 1. The predicted octanol–water partition coefficient (Wildman–Crippen LogP) is 1.37. The van der Waals surface area contributed by atoms with Crippen LogP contribution in [0.15, 0.2) is 23.1 Å². The standard InChI is InChI=1S/C14H19N3O2S/c15-10-6-9(3-4-11(10)20(16,18)19)17-14-12-7-1-2-8(5-7)13(12)14/h3-4,6-8,12-14,17H,1-2,5,15H2,(H2,16,18,19). The van der Waals surface area contributed by atoms with E-state index in [4.69, 9.17) is 10.9 Å². The molecule has 0 saturated heterocycles. The SMILES string of the molecule is Nc1cc(NC2C3C4CCC(C4)C23)ccc1S(N)(=O)=O. The molecule has 0 aliphatic heterocycles. The number of nitrogens with two attached hydrogens (primary N) is 2. The molecule has 5 N–H and O–H groups in total. The second-order valence-corrected chi connectivity index (χ2v) is 7.99. The van der Waals surface area contributed by atoms with Gasteiger partial charge in [0.25, 0.3) is 0 Å². The van der Waals surface area contributed by atoms with Gasteiger partial charge in [-0.05, 0) is 61.1 Å². The summed E-state index contributed by atoms with van der Waals surface area (Å²) in [6.07, 6.45) is 4.19. The Labute approximate surface area is 118 Å². The summed E-state index contributed by atoms with van der Waals surface area (Å²) < 4.78 is 22.7. The van der Waals surface area contributed by atoms with Crippen molar-refractivity contribution >= 4 is 21.4 Å². The number of sulfonamides is 1. The topological polar surface area (TPSA) is 98.2 Å². The Bertz CT molecular complexity index is 657. The molecule has 0 heterocycles. The van der Waals surface area contributed by atoms with E-state index in [0.29, 0.717) is 6.04 Å². The maximum absolute atomic E-state index is 11.3. The van der Waals surface area contributed by atoms with Gasteiger partial charge in [0.1, 0.15) is 4.90 Å². The summed E-state index contributed by atoms with van der Waals surface area (Å²) in [6, 6.07) is 5.47.